The third kappa shape index (κ3) is 3.82. The molecule has 0 aromatic heterocycles. The maximum Gasteiger partial charge on any atom is 0.422 e. The molecule has 1 fully saturated rings. The van der Waals surface area contributed by atoms with Crippen molar-refractivity contribution in [1.29, 1.82) is 0 Å². The predicted molar refractivity (Wildman–Crippen MR) is 41.8 cm³/mol. The van der Waals surface area contributed by atoms with Gasteiger partial charge in [0.05, 0.1) is 0 Å². The van der Waals surface area contributed by atoms with Gasteiger partial charge in [-0.05, 0) is 0 Å². The Morgan fingerprint density at radius 3 is 2.43 bits per heavy atom. The summed E-state index contributed by atoms with van der Waals surface area (Å²) in [5.74, 6) is 0. The van der Waals surface area contributed by atoms with Gasteiger partial charge in [-0.1, -0.05) is 0 Å². The topological polar surface area (TPSA) is 41.6 Å². The number of carbonyl (C=O) groups is 1. The van der Waals surface area contributed by atoms with E-state index in [4.69, 9.17) is 0 Å². The number of nitrogens with zero attached hydrogens (tertiary/aromatic N) is 1. The Balaban J connectivity index is 2.27. The Labute approximate surface area is 79.0 Å². The molecule has 4 nitrogen and oxygen atoms in total. The van der Waals surface area contributed by atoms with Crippen molar-refractivity contribution in [2.45, 2.75) is 6.18 Å². The van der Waals surface area contributed by atoms with Crippen LogP contribution in [0.5, 0.6) is 0 Å². The van der Waals surface area contributed by atoms with E-state index >= 15 is 0 Å². The molecule has 14 heavy (non-hydrogen) atoms. The molecule has 7 heteroatoms. The zero-order valence-electron chi connectivity index (χ0n) is 7.43. The SMILES string of the molecule is O=C(OCC(F)(F)F)N1CCNCC1. The predicted octanol–water partition coefficient (Wildman–Crippen LogP) is 0.591. The Morgan fingerprint density at radius 2 is 1.93 bits per heavy atom. The van der Waals surface area contributed by atoms with E-state index in [0.29, 0.717) is 26.2 Å². The number of rotatable bonds is 1. The summed E-state index contributed by atoms with van der Waals surface area (Å²) in [6.45, 7) is 0.422. The summed E-state index contributed by atoms with van der Waals surface area (Å²) < 4.78 is 39.1. The van der Waals surface area contributed by atoms with Gasteiger partial charge in [-0.2, -0.15) is 13.2 Å². The molecule has 0 saturated carbocycles. The highest BCUT2D eigenvalue weighted by Crippen LogP contribution is 2.15. The average Bonchev–Trinajstić information content (AvgIpc) is 2.14. The maximum atomic E-state index is 11.7. The van der Waals surface area contributed by atoms with Crippen LogP contribution in [0.3, 0.4) is 0 Å². The fourth-order valence-electron chi connectivity index (χ4n) is 1.08. The molecule has 1 heterocycles. The largest absolute Gasteiger partial charge is 0.440 e. The van der Waals surface area contributed by atoms with Crippen LogP contribution in [0, 0.1) is 0 Å². The number of alkyl halides is 3. The van der Waals surface area contributed by atoms with Crippen LogP contribution in [0.2, 0.25) is 0 Å². The molecule has 1 amide bonds. The molecule has 0 unspecified atom stereocenters. The molecule has 1 rings (SSSR count). The van der Waals surface area contributed by atoms with Crippen LogP contribution in [-0.2, 0) is 4.74 Å². The standard InChI is InChI=1S/C7H11F3N2O2/c8-7(9,10)5-14-6(13)12-3-1-11-2-4-12/h11H,1-5H2. The Morgan fingerprint density at radius 1 is 1.36 bits per heavy atom. The van der Waals surface area contributed by atoms with Crippen molar-refractivity contribution in [2.24, 2.45) is 0 Å². The summed E-state index contributed by atoms with van der Waals surface area (Å²) in [4.78, 5) is 12.3. The highest BCUT2D eigenvalue weighted by molar-refractivity contribution is 5.67. The van der Waals surface area contributed by atoms with Crippen molar-refractivity contribution in [3.8, 4) is 0 Å². The summed E-state index contributed by atoms with van der Waals surface area (Å²) in [6.07, 6.45) is -5.35. The molecule has 0 spiro atoms. The lowest BCUT2D eigenvalue weighted by Gasteiger charge is -2.26. The first kappa shape index (κ1) is 11.1. The second kappa shape index (κ2) is 4.50. The van der Waals surface area contributed by atoms with E-state index in [2.05, 4.69) is 10.1 Å². The van der Waals surface area contributed by atoms with E-state index in [1.807, 2.05) is 0 Å². The van der Waals surface area contributed by atoms with Gasteiger partial charge in [0.15, 0.2) is 6.61 Å². The molecular weight excluding hydrogens is 201 g/mol. The second-order valence-electron chi connectivity index (χ2n) is 2.91. The fourth-order valence-corrected chi connectivity index (χ4v) is 1.08. The highest BCUT2D eigenvalue weighted by atomic mass is 19.4. The number of amides is 1. The quantitative estimate of drug-likeness (QED) is 0.691. The maximum absolute atomic E-state index is 11.7. The smallest absolute Gasteiger partial charge is 0.422 e. The van der Waals surface area contributed by atoms with E-state index in [1.165, 1.54) is 4.90 Å². The lowest BCUT2D eigenvalue weighted by molar-refractivity contribution is -0.162. The second-order valence-corrected chi connectivity index (χ2v) is 2.91. The van der Waals surface area contributed by atoms with Crippen LogP contribution in [0.4, 0.5) is 18.0 Å². The van der Waals surface area contributed by atoms with Crippen LogP contribution < -0.4 is 5.32 Å². The molecule has 1 aliphatic rings. The number of halogens is 3. The number of ether oxygens (including phenoxy) is 1. The molecule has 0 atom stereocenters. The van der Waals surface area contributed by atoms with Crippen LogP contribution in [-0.4, -0.2) is 50.0 Å². The Bertz CT molecular complexity index is 202. The van der Waals surface area contributed by atoms with E-state index in [9.17, 15) is 18.0 Å². The number of carbonyl (C=O) groups excluding carboxylic acids is 1. The first-order chi connectivity index (χ1) is 6.49. The third-order valence-corrected chi connectivity index (χ3v) is 1.73. The zero-order chi connectivity index (χ0) is 10.6. The van der Waals surface area contributed by atoms with Gasteiger partial charge in [0.2, 0.25) is 0 Å². The summed E-state index contributed by atoms with van der Waals surface area (Å²) in [5, 5.41) is 2.97. The summed E-state index contributed by atoms with van der Waals surface area (Å²) >= 11 is 0. The molecule has 0 aromatic rings. The molecule has 0 bridgehead atoms. The van der Waals surface area contributed by atoms with E-state index in [-0.39, 0.29) is 0 Å². The Kier molecular flexibility index (Phi) is 3.56. The average molecular weight is 212 g/mol. The molecular formula is C7H11F3N2O2. The molecule has 1 saturated heterocycles. The minimum atomic E-state index is -4.45. The normalized spacial score (nSPS) is 18.1. The van der Waals surface area contributed by atoms with Gasteiger partial charge >= 0.3 is 12.3 Å². The van der Waals surface area contributed by atoms with Crippen LogP contribution in [0.25, 0.3) is 0 Å². The summed E-state index contributed by atoms with van der Waals surface area (Å²) in [7, 11) is 0. The van der Waals surface area contributed by atoms with Gasteiger partial charge in [-0.25, -0.2) is 4.79 Å². The van der Waals surface area contributed by atoms with Crippen LogP contribution in [0.15, 0.2) is 0 Å². The van der Waals surface area contributed by atoms with Crippen molar-refractivity contribution in [2.75, 3.05) is 32.8 Å². The molecule has 1 N–H and O–H groups in total. The van der Waals surface area contributed by atoms with Crippen molar-refractivity contribution in [1.82, 2.24) is 10.2 Å². The van der Waals surface area contributed by atoms with E-state index in [1.54, 1.807) is 0 Å². The first-order valence-corrected chi connectivity index (χ1v) is 4.18. The molecule has 82 valence electrons. The van der Waals surface area contributed by atoms with Crippen molar-refractivity contribution in [3.05, 3.63) is 0 Å². The van der Waals surface area contributed by atoms with Gasteiger partial charge in [0, 0.05) is 26.2 Å². The molecule has 0 aliphatic carbocycles. The lowest BCUT2D eigenvalue weighted by Crippen LogP contribution is -2.47. The van der Waals surface area contributed by atoms with Gasteiger partial charge in [-0.15, -0.1) is 0 Å². The van der Waals surface area contributed by atoms with E-state index in [0.717, 1.165) is 0 Å². The summed E-state index contributed by atoms with van der Waals surface area (Å²) in [5.41, 5.74) is 0. The lowest BCUT2D eigenvalue weighted by atomic mass is 10.4. The van der Waals surface area contributed by atoms with Crippen LogP contribution in [0.1, 0.15) is 0 Å². The number of hydrogen-bond donors (Lipinski definition) is 1. The Hall–Kier alpha value is -0.980. The fraction of sp³-hybridized carbons (Fsp3) is 0.857. The third-order valence-electron chi connectivity index (χ3n) is 1.73. The van der Waals surface area contributed by atoms with Crippen molar-refractivity contribution >= 4 is 6.09 Å². The van der Waals surface area contributed by atoms with Crippen molar-refractivity contribution < 1.29 is 22.7 Å². The van der Waals surface area contributed by atoms with Crippen molar-refractivity contribution in [3.63, 3.8) is 0 Å². The molecule has 1 aliphatic heterocycles. The van der Waals surface area contributed by atoms with E-state index < -0.39 is 18.9 Å². The van der Waals surface area contributed by atoms with Crippen LogP contribution >= 0.6 is 0 Å². The minimum absolute atomic E-state index is 0.386. The minimum Gasteiger partial charge on any atom is -0.440 e. The zero-order valence-corrected chi connectivity index (χ0v) is 7.43. The monoisotopic (exact) mass is 212 g/mol. The highest BCUT2D eigenvalue weighted by Gasteiger charge is 2.30. The summed E-state index contributed by atoms with van der Waals surface area (Å²) in [6, 6.07) is 0. The number of hydrogen-bond acceptors (Lipinski definition) is 3. The number of piperazine rings is 1. The van der Waals surface area contributed by atoms with Gasteiger partial charge in [-0.3, -0.25) is 0 Å². The first-order valence-electron chi connectivity index (χ1n) is 4.18. The number of nitrogens with one attached hydrogen (secondary N) is 1. The molecule has 0 aromatic carbocycles. The van der Waals surface area contributed by atoms with Gasteiger partial charge in [0.1, 0.15) is 0 Å². The molecule has 0 radical (unpaired) electrons. The van der Waals surface area contributed by atoms with Gasteiger partial charge < -0.3 is 15.0 Å². The van der Waals surface area contributed by atoms with Gasteiger partial charge in [0.25, 0.3) is 0 Å².